The van der Waals surface area contributed by atoms with E-state index >= 15 is 0 Å². The predicted molar refractivity (Wildman–Crippen MR) is 82.8 cm³/mol. The second kappa shape index (κ2) is 6.68. The second-order valence-corrected chi connectivity index (χ2v) is 6.01. The topological polar surface area (TPSA) is 30.5 Å². The van der Waals surface area contributed by atoms with Gasteiger partial charge in [-0.1, -0.05) is 31.0 Å². The summed E-state index contributed by atoms with van der Waals surface area (Å²) in [6.07, 6.45) is 5.29. The molecule has 112 valence electrons. The number of rotatable bonds is 8. The zero-order chi connectivity index (χ0) is 14.6. The van der Waals surface area contributed by atoms with Crippen molar-refractivity contribution in [3.8, 4) is 11.5 Å². The van der Waals surface area contributed by atoms with E-state index in [1.807, 2.05) is 12.1 Å². The van der Waals surface area contributed by atoms with Gasteiger partial charge >= 0.3 is 0 Å². The molecule has 0 saturated heterocycles. The van der Waals surface area contributed by atoms with Gasteiger partial charge in [0, 0.05) is 13.1 Å². The number of hydrogen-bond donors (Lipinski definition) is 1. The number of nitrogens with one attached hydrogen (secondary N) is 1. The summed E-state index contributed by atoms with van der Waals surface area (Å²) >= 11 is 6.37. The van der Waals surface area contributed by atoms with Crippen LogP contribution in [0.1, 0.15) is 38.2 Å². The largest absolute Gasteiger partial charge is 0.493 e. The molecule has 4 heteroatoms. The van der Waals surface area contributed by atoms with Gasteiger partial charge in [-0.3, -0.25) is 0 Å². The summed E-state index contributed by atoms with van der Waals surface area (Å²) in [6.45, 7) is 4.10. The number of benzene rings is 1. The van der Waals surface area contributed by atoms with E-state index in [0.717, 1.165) is 18.7 Å². The zero-order valence-electron chi connectivity index (χ0n) is 12.6. The number of halogens is 1. The van der Waals surface area contributed by atoms with Crippen molar-refractivity contribution >= 4 is 11.6 Å². The molecule has 0 aromatic heterocycles. The summed E-state index contributed by atoms with van der Waals surface area (Å²) in [4.78, 5) is 0. The normalized spacial score (nSPS) is 16.0. The van der Waals surface area contributed by atoms with E-state index in [1.54, 1.807) is 14.2 Å². The van der Waals surface area contributed by atoms with Crippen molar-refractivity contribution < 1.29 is 9.47 Å². The Morgan fingerprint density at radius 1 is 1.25 bits per heavy atom. The Morgan fingerprint density at radius 3 is 2.55 bits per heavy atom. The first-order chi connectivity index (χ1) is 9.65. The van der Waals surface area contributed by atoms with Gasteiger partial charge in [0.05, 0.1) is 19.2 Å². The summed E-state index contributed by atoms with van der Waals surface area (Å²) < 4.78 is 10.6. The highest BCUT2D eigenvalue weighted by Gasteiger charge is 2.40. The molecule has 1 aliphatic rings. The quantitative estimate of drug-likeness (QED) is 0.786. The lowest BCUT2D eigenvalue weighted by atomic mass is 10.0. The van der Waals surface area contributed by atoms with Crippen molar-refractivity contribution in [2.75, 3.05) is 20.8 Å². The fourth-order valence-corrected chi connectivity index (χ4v) is 3.05. The van der Waals surface area contributed by atoms with Gasteiger partial charge in [0.15, 0.2) is 11.5 Å². The third-order valence-corrected chi connectivity index (χ3v) is 4.53. The summed E-state index contributed by atoms with van der Waals surface area (Å²) in [6, 6.07) is 3.90. The van der Waals surface area contributed by atoms with E-state index in [9.17, 15) is 0 Å². The van der Waals surface area contributed by atoms with Gasteiger partial charge in [0.25, 0.3) is 0 Å². The highest BCUT2D eigenvalue weighted by atomic mass is 35.5. The zero-order valence-corrected chi connectivity index (χ0v) is 13.3. The summed E-state index contributed by atoms with van der Waals surface area (Å²) in [5, 5.41) is 4.18. The van der Waals surface area contributed by atoms with Gasteiger partial charge in [-0.15, -0.1) is 0 Å². The molecule has 1 N–H and O–H groups in total. The lowest BCUT2D eigenvalue weighted by Crippen LogP contribution is -2.23. The lowest BCUT2D eigenvalue weighted by Gasteiger charge is -2.17. The first-order valence-electron chi connectivity index (χ1n) is 7.26. The van der Waals surface area contributed by atoms with Crippen LogP contribution in [-0.2, 0) is 6.54 Å². The molecule has 0 bridgehead atoms. The van der Waals surface area contributed by atoms with Crippen LogP contribution in [0.3, 0.4) is 0 Å². The van der Waals surface area contributed by atoms with Crippen LogP contribution in [0.4, 0.5) is 0 Å². The van der Waals surface area contributed by atoms with Crippen LogP contribution in [-0.4, -0.2) is 20.8 Å². The fourth-order valence-electron chi connectivity index (χ4n) is 2.75. The Kier molecular flexibility index (Phi) is 5.17. The third-order valence-electron chi connectivity index (χ3n) is 4.12. The van der Waals surface area contributed by atoms with Crippen molar-refractivity contribution in [2.24, 2.45) is 5.41 Å². The van der Waals surface area contributed by atoms with Gasteiger partial charge in [0.2, 0.25) is 0 Å². The smallest absolute Gasteiger partial charge is 0.179 e. The average molecular weight is 298 g/mol. The minimum Gasteiger partial charge on any atom is -0.493 e. The molecule has 0 radical (unpaired) electrons. The van der Waals surface area contributed by atoms with E-state index < -0.39 is 0 Å². The minimum absolute atomic E-state index is 0.553. The first kappa shape index (κ1) is 15.5. The van der Waals surface area contributed by atoms with Gasteiger partial charge in [-0.05, 0) is 36.3 Å². The van der Waals surface area contributed by atoms with Crippen molar-refractivity contribution in [3.63, 3.8) is 0 Å². The summed E-state index contributed by atoms with van der Waals surface area (Å²) in [7, 11) is 3.23. The van der Waals surface area contributed by atoms with Gasteiger partial charge in [-0.2, -0.15) is 0 Å². The van der Waals surface area contributed by atoms with Crippen LogP contribution in [0.25, 0.3) is 0 Å². The molecule has 1 aromatic carbocycles. The first-order valence-corrected chi connectivity index (χ1v) is 7.63. The molecule has 1 aromatic rings. The van der Waals surface area contributed by atoms with Gasteiger partial charge < -0.3 is 14.8 Å². The monoisotopic (exact) mass is 297 g/mol. The van der Waals surface area contributed by atoms with Crippen LogP contribution in [0.5, 0.6) is 11.5 Å². The highest BCUT2D eigenvalue weighted by molar-refractivity contribution is 6.33. The van der Waals surface area contributed by atoms with E-state index in [-0.39, 0.29) is 0 Å². The molecule has 0 heterocycles. The molecule has 1 aliphatic carbocycles. The molecule has 20 heavy (non-hydrogen) atoms. The Balaban J connectivity index is 1.96. The third kappa shape index (κ3) is 3.39. The molecule has 3 nitrogen and oxygen atoms in total. The average Bonchev–Trinajstić information content (AvgIpc) is 3.20. The molecule has 2 rings (SSSR count). The standard InChI is InChI=1S/C16H24ClNO2/c1-4-7-16(8-9-16)11-18-10-12-5-6-13(19-2)15(20-3)14(12)17/h5-6,18H,4,7-11H2,1-3H3. The SMILES string of the molecule is CCCC1(CNCc2ccc(OC)c(OC)c2Cl)CC1. The summed E-state index contributed by atoms with van der Waals surface area (Å²) in [5.41, 5.74) is 1.61. The highest BCUT2D eigenvalue weighted by Crippen LogP contribution is 2.49. The number of hydrogen-bond acceptors (Lipinski definition) is 3. The van der Waals surface area contributed by atoms with Crippen LogP contribution in [0, 0.1) is 5.41 Å². The van der Waals surface area contributed by atoms with E-state index in [1.165, 1.54) is 25.7 Å². The second-order valence-electron chi connectivity index (χ2n) is 5.63. The minimum atomic E-state index is 0.553. The molecular formula is C16H24ClNO2. The van der Waals surface area contributed by atoms with Gasteiger partial charge in [-0.25, -0.2) is 0 Å². The Morgan fingerprint density at radius 2 is 2.00 bits per heavy atom. The van der Waals surface area contributed by atoms with Gasteiger partial charge in [0.1, 0.15) is 0 Å². The maximum atomic E-state index is 6.37. The van der Waals surface area contributed by atoms with Crippen LogP contribution in [0.2, 0.25) is 5.02 Å². The number of ether oxygens (including phenoxy) is 2. The van der Waals surface area contributed by atoms with E-state index in [2.05, 4.69) is 12.2 Å². The van der Waals surface area contributed by atoms with Crippen molar-refractivity contribution in [1.29, 1.82) is 0 Å². The summed E-state index contributed by atoms with van der Waals surface area (Å²) in [5.74, 6) is 1.29. The molecule has 0 atom stereocenters. The lowest BCUT2D eigenvalue weighted by molar-refractivity contribution is 0.354. The number of methoxy groups -OCH3 is 2. The molecule has 0 spiro atoms. The van der Waals surface area contributed by atoms with E-state index in [0.29, 0.717) is 21.9 Å². The Hall–Kier alpha value is -0.930. The van der Waals surface area contributed by atoms with Crippen molar-refractivity contribution in [2.45, 2.75) is 39.2 Å². The molecule has 0 aliphatic heterocycles. The fraction of sp³-hybridized carbons (Fsp3) is 0.625. The van der Waals surface area contributed by atoms with Crippen molar-refractivity contribution in [3.05, 3.63) is 22.7 Å². The molecule has 1 fully saturated rings. The van der Waals surface area contributed by atoms with Crippen LogP contribution >= 0.6 is 11.6 Å². The molecular weight excluding hydrogens is 274 g/mol. The maximum absolute atomic E-state index is 6.37. The molecule has 1 saturated carbocycles. The Labute approximate surface area is 126 Å². The molecule has 0 amide bonds. The Bertz CT molecular complexity index is 458. The van der Waals surface area contributed by atoms with E-state index in [4.69, 9.17) is 21.1 Å². The van der Waals surface area contributed by atoms with Crippen molar-refractivity contribution in [1.82, 2.24) is 5.32 Å². The van der Waals surface area contributed by atoms with Crippen LogP contribution < -0.4 is 14.8 Å². The van der Waals surface area contributed by atoms with Crippen LogP contribution in [0.15, 0.2) is 12.1 Å². The molecule has 0 unspecified atom stereocenters. The predicted octanol–water partition coefficient (Wildman–Crippen LogP) is 4.03. The maximum Gasteiger partial charge on any atom is 0.179 e.